The fraction of sp³-hybridized carbons (Fsp3) is 0.176. The van der Waals surface area contributed by atoms with Crippen LogP contribution >= 0.6 is 11.6 Å². The Balaban J connectivity index is 2.05. The zero-order valence-corrected chi connectivity index (χ0v) is 13.7. The number of hydrogen-bond acceptors (Lipinski definition) is 4. The van der Waals surface area contributed by atoms with Crippen molar-refractivity contribution in [3.8, 4) is 5.75 Å². The van der Waals surface area contributed by atoms with Gasteiger partial charge in [0.05, 0.1) is 10.7 Å². The van der Waals surface area contributed by atoms with Gasteiger partial charge < -0.3 is 15.2 Å². The third-order valence-electron chi connectivity index (χ3n) is 3.21. The van der Waals surface area contributed by atoms with Crippen LogP contribution in [0.15, 0.2) is 36.4 Å². The van der Waals surface area contributed by atoms with Crippen molar-refractivity contribution in [1.29, 1.82) is 0 Å². The molecule has 0 bridgehead atoms. The van der Waals surface area contributed by atoms with Gasteiger partial charge in [0.25, 0.3) is 5.91 Å². The molecule has 7 heteroatoms. The summed E-state index contributed by atoms with van der Waals surface area (Å²) in [6.07, 6.45) is -1.14. The van der Waals surface area contributed by atoms with E-state index in [1.54, 1.807) is 13.0 Å². The van der Waals surface area contributed by atoms with E-state index in [0.29, 0.717) is 0 Å². The van der Waals surface area contributed by atoms with E-state index in [9.17, 15) is 19.1 Å². The molecule has 1 amide bonds. The van der Waals surface area contributed by atoms with Crippen LogP contribution in [0.2, 0.25) is 5.02 Å². The number of anilines is 1. The van der Waals surface area contributed by atoms with Crippen LogP contribution in [0.25, 0.3) is 0 Å². The van der Waals surface area contributed by atoms with Crippen LogP contribution in [0, 0.1) is 12.7 Å². The molecule has 0 unspecified atom stereocenters. The third kappa shape index (κ3) is 4.23. The van der Waals surface area contributed by atoms with Crippen molar-refractivity contribution in [2.24, 2.45) is 0 Å². The molecular formula is C17H15ClFNO4. The van der Waals surface area contributed by atoms with Gasteiger partial charge in [0.15, 0.2) is 6.10 Å². The van der Waals surface area contributed by atoms with E-state index >= 15 is 0 Å². The van der Waals surface area contributed by atoms with Crippen molar-refractivity contribution in [3.05, 3.63) is 58.4 Å². The number of phenols is 1. The number of carbonyl (C=O) groups is 2. The van der Waals surface area contributed by atoms with Gasteiger partial charge in [-0.05, 0) is 44.2 Å². The summed E-state index contributed by atoms with van der Waals surface area (Å²) in [4.78, 5) is 24.1. The number of amides is 1. The second kappa shape index (κ2) is 7.31. The number of carbonyl (C=O) groups excluding carboxylic acids is 2. The summed E-state index contributed by atoms with van der Waals surface area (Å²) in [5.41, 5.74) is 0.925. The van der Waals surface area contributed by atoms with Gasteiger partial charge in [-0.15, -0.1) is 0 Å². The zero-order valence-electron chi connectivity index (χ0n) is 13.0. The van der Waals surface area contributed by atoms with Crippen molar-refractivity contribution in [1.82, 2.24) is 0 Å². The van der Waals surface area contributed by atoms with Crippen LogP contribution in [0.3, 0.4) is 0 Å². The molecule has 126 valence electrons. The number of rotatable bonds is 4. The molecule has 5 nitrogen and oxygen atoms in total. The van der Waals surface area contributed by atoms with Crippen molar-refractivity contribution in [3.63, 3.8) is 0 Å². The molecular weight excluding hydrogens is 337 g/mol. The summed E-state index contributed by atoms with van der Waals surface area (Å²) in [6, 6.07) is 7.96. The zero-order chi connectivity index (χ0) is 17.9. The van der Waals surface area contributed by atoms with E-state index < -0.39 is 23.8 Å². The lowest BCUT2D eigenvalue weighted by molar-refractivity contribution is -0.123. The van der Waals surface area contributed by atoms with Crippen LogP contribution in [0.5, 0.6) is 5.75 Å². The SMILES string of the molecule is Cc1ccc(O)c(C(=O)O[C@@H](C)C(=O)Nc2ccc(F)cc2Cl)c1. The minimum absolute atomic E-state index is 0.0261. The van der Waals surface area contributed by atoms with Gasteiger partial charge in [0.2, 0.25) is 0 Å². The van der Waals surface area contributed by atoms with Gasteiger partial charge in [-0.1, -0.05) is 23.2 Å². The molecule has 0 spiro atoms. The number of benzene rings is 2. The third-order valence-corrected chi connectivity index (χ3v) is 3.53. The number of ether oxygens (including phenoxy) is 1. The summed E-state index contributed by atoms with van der Waals surface area (Å²) >= 11 is 5.82. The molecule has 0 heterocycles. The van der Waals surface area contributed by atoms with E-state index in [2.05, 4.69) is 5.32 Å². The molecule has 0 aliphatic rings. The second-order valence-corrected chi connectivity index (χ2v) is 5.59. The number of nitrogens with one attached hydrogen (secondary N) is 1. The molecule has 0 aromatic heterocycles. The van der Waals surface area contributed by atoms with Gasteiger partial charge >= 0.3 is 5.97 Å². The predicted octanol–water partition coefficient (Wildman–Crippen LogP) is 3.68. The second-order valence-electron chi connectivity index (χ2n) is 5.18. The van der Waals surface area contributed by atoms with Crippen LogP contribution < -0.4 is 5.32 Å². The Morgan fingerprint density at radius 1 is 1.25 bits per heavy atom. The molecule has 0 saturated heterocycles. The van der Waals surface area contributed by atoms with Gasteiger partial charge in [0.1, 0.15) is 17.1 Å². The fourth-order valence-electron chi connectivity index (χ4n) is 1.92. The Morgan fingerprint density at radius 2 is 1.96 bits per heavy atom. The summed E-state index contributed by atoms with van der Waals surface area (Å²) in [7, 11) is 0. The smallest absolute Gasteiger partial charge is 0.342 e. The van der Waals surface area contributed by atoms with Crippen LogP contribution in [0.1, 0.15) is 22.8 Å². The van der Waals surface area contributed by atoms with E-state index in [0.717, 1.165) is 17.7 Å². The highest BCUT2D eigenvalue weighted by atomic mass is 35.5. The van der Waals surface area contributed by atoms with Crippen molar-refractivity contribution >= 4 is 29.2 Å². The number of esters is 1. The predicted molar refractivity (Wildman–Crippen MR) is 87.8 cm³/mol. The molecule has 2 N–H and O–H groups in total. The first-order valence-electron chi connectivity index (χ1n) is 7.04. The summed E-state index contributed by atoms with van der Waals surface area (Å²) in [5.74, 6) is -2.24. The molecule has 0 aliphatic carbocycles. The molecule has 1 atom stereocenters. The lowest BCUT2D eigenvalue weighted by Crippen LogP contribution is -2.30. The minimum atomic E-state index is -1.14. The van der Waals surface area contributed by atoms with Crippen LogP contribution in [-0.2, 0) is 9.53 Å². The Hall–Kier alpha value is -2.60. The van der Waals surface area contributed by atoms with E-state index in [1.165, 1.54) is 25.1 Å². The maximum Gasteiger partial charge on any atom is 0.342 e. The lowest BCUT2D eigenvalue weighted by atomic mass is 10.1. The first-order valence-corrected chi connectivity index (χ1v) is 7.42. The Morgan fingerprint density at radius 3 is 2.62 bits per heavy atom. The number of aryl methyl sites for hydroxylation is 1. The average molecular weight is 352 g/mol. The number of halogens is 2. The summed E-state index contributed by atoms with van der Waals surface area (Å²) in [6.45, 7) is 3.13. The van der Waals surface area contributed by atoms with Gasteiger partial charge in [-0.2, -0.15) is 0 Å². The molecule has 2 rings (SSSR count). The first-order chi connectivity index (χ1) is 11.3. The molecule has 2 aromatic rings. The van der Waals surface area contributed by atoms with Gasteiger partial charge in [-0.25, -0.2) is 9.18 Å². The Labute approximate surface area is 143 Å². The standard InChI is InChI=1S/C17H15ClFNO4/c1-9-3-6-15(21)12(7-9)17(23)24-10(2)16(22)20-14-5-4-11(19)8-13(14)18/h3-8,10,21H,1-2H3,(H,20,22)/t10-/m0/s1. The minimum Gasteiger partial charge on any atom is -0.507 e. The molecule has 0 aliphatic heterocycles. The monoisotopic (exact) mass is 351 g/mol. The highest BCUT2D eigenvalue weighted by Crippen LogP contribution is 2.23. The first kappa shape index (κ1) is 17.7. The lowest BCUT2D eigenvalue weighted by Gasteiger charge is -2.15. The highest BCUT2D eigenvalue weighted by Gasteiger charge is 2.21. The maximum atomic E-state index is 13.0. The normalized spacial score (nSPS) is 11.7. The fourth-order valence-corrected chi connectivity index (χ4v) is 2.13. The van der Waals surface area contributed by atoms with Gasteiger partial charge in [-0.3, -0.25) is 4.79 Å². The topological polar surface area (TPSA) is 75.6 Å². The quantitative estimate of drug-likeness (QED) is 0.824. The average Bonchev–Trinajstić information content (AvgIpc) is 2.52. The molecule has 0 fully saturated rings. The summed E-state index contributed by atoms with van der Waals surface area (Å²) < 4.78 is 18.0. The van der Waals surface area contributed by atoms with Crippen molar-refractivity contribution in [2.45, 2.75) is 20.0 Å². The Bertz CT molecular complexity index is 794. The Kier molecular flexibility index (Phi) is 5.41. The van der Waals surface area contributed by atoms with E-state index in [-0.39, 0.29) is 22.0 Å². The number of hydrogen-bond donors (Lipinski definition) is 2. The molecule has 0 radical (unpaired) electrons. The van der Waals surface area contributed by atoms with Crippen LogP contribution in [-0.4, -0.2) is 23.1 Å². The van der Waals surface area contributed by atoms with Crippen molar-refractivity contribution in [2.75, 3.05) is 5.32 Å². The largest absolute Gasteiger partial charge is 0.507 e. The van der Waals surface area contributed by atoms with E-state index in [4.69, 9.17) is 16.3 Å². The molecule has 24 heavy (non-hydrogen) atoms. The highest BCUT2D eigenvalue weighted by molar-refractivity contribution is 6.33. The summed E-state index contributed by atoms with van der Waals surface area (Å²) in [5, 5.41) is 12.2. The number of phenolic OH excluding ortho intramolecular Hbond substituents is 1. The number of aromatic hydroxyl groups is 1. The molecule has 0 saturated carbocycles. The van der Waals surface area contributed by atoms with Crippen LogP contribution in [0.4, 0.5) is 10.1 Å². The van der Waals surface area contributed by atoms with Crippen molar-refractivity contribution < 1.29 is 23.8 Å². The molecule has 2 aromatic carbocycles. The van der Waals surface area contributed by atoms with Gasteiger partial charge in [0, 0.05) is 0 Å². The van der Waals surface area contributed by atoms with E-state index in [1.807, 2.05) is 0 Å². The maximum absolute atomic E-state index is 13.0.